The standard InChI is InChI=1S/C27H35F3N2O/c1-25(2,3)18-26(4,5)20-9-11-23(12-10-20)32-15-13-19(14-16-32)24(33)31-22-8-6-7-21(17-22)27(28,29)30/h6-12,17,19H,13-16,18H2,1-5H3,(H,31,33). The van der Waals surface area contributed by atoms with E-state index in [9.17, 15) is 18.0 Å². The van der Waals surface area contributed by atoms with Crippen molar-refractivity contribution < 1.29 is 18.0 Å². The first-order chi connectivity index (χ1) is 15.2. The van der Waals surface area contributed by atoms with Gasteiger partial charge in [0, 0.05) is 30.4 Å². The maximum atomic E-state index is 12.9. The van der Waals surface area contributed by atoms with Gasteiger partial charge >= 0.3 is 6.18 Å². The molecule has 2 aromatic rings. The Morgan fingerprint density at radius 1 is 0.939 bits per heavy atom. The SMILES string of the molecule is CC(C)(C)CC(C)(C)c1ccc(N2CCC(C(=O)Nc3cccc(C(F)(F)F)c3)CC2)cc1. The number of hydrogen-bond acceptors (Lipinski definition) is 2. The first-order valence-electron chi connectivity index (χ1n) is 11.6. The summed E-state index contributed by atoms with van der Waals surface area (Å²) >= 11 is 0. The fourth-order valence-corrected chi connectivity index (χ4v) is 4.97. The van der Waals surface area contributed by atoms with Gasteiger partial charge in [-0.05, 0) is 66.0 Å². The van der Waals surface area contributed by atoms with Crippen LogP contribution in [0.5, 0.6) is 0 Å². The molecule has 0 bridgehead atoms. The molecule has 1 saturated heterocycles. The maximum absolute atomic E-state index is 12.9. The molecule has 0 unspecified atom stereocenters. The van der Waals surface area contributed by atoms with Gasteiger partial charge in [0.05, 0.1) is 5.56 Å². The summed E-state index contributed by atoms with van der Waals surface area (Å²) in [5.41, 5.74) is 2.22. The van der Waals surface area contributed by atoms with Gasteiger partial charge < -0.3 is 10.2 Å². The van der Waals surface area contributed by atoms with Gasteiger partial charge in [-0.3, -0.25) is 4.79 Å². The van der Waals surface area contributed by atoms with Gasteiger partial charge in [-0.2, -0.15) is 13.2 Å². The third-order valence-electron chi connectivity index (χ3n) is 6.31. The summed E-state index contributed by atoms with van der Waals surface area (Å²) in [5, 5.41) is 2.66. The number of hydrogen-bond donors (Lipinski definition) is 1. The topological polar surface area (TPSA) is 32.3 Å². The molecule has 0 atom stereocenters. The smallest absolute Gasteiger partial charge is 0.371 e. The molecule has 6 heteroatoms. The van der Waals surface area contributed by atoms with E-state index in [1.54, 1.807) is 0 Å². The first kappa shape index (κ1) is 25.1. The molecule has 1 N–H and O–H groups in total. The van der Waals surface area contributed by atoms with Crippen LogP contribution >= 0.6 is 0 Å². The van der Waals surface area contributed by atoms with Gasteiger partial charge in [-0.1, -0.05) is 52.8 Å². The minimum Gasteiger partial charge on any atom is -0.371 e. The number of rotatable bonds is 5. The normalized spacial score (nSPS) is 16.1. The van der Waals surface area contributed by atoms with Crippen molar-refractivity contribution in [3.8, 4) is 0 Å². The number of amides is 1. The van der Waals surface area contributed by atoms with E-state index in [2.05, 4.69) is 69.1 Å². The Morgan fingerprint density at radius 3 is 2.09 bits per heavy atom. The van der Waals surface area contributed by atoms with E-state index >= 15 is 0 Å². The van der Waals surface area contributed by atoms with Gasteiger partial charge in [0.25, 0.3) is 0 Å². The zero-order valence-corrected chi connectivity index (χ0v) is 20.2. The monoisotopic (exact) mass is 460 g/mol. The Kier molecular flexibility index (Phi) is 7.15. The lowest BCUT2D eigenvalue weighted by Gasteiger charge is -2.35. The van der Waals surface area contributed by atoms with Gasteiger partial charge in [0.15, 0.2) is 0 Å². The molecular formula is C27H35F3N2O. The highest BCUT2D eigenvalue weighted by Gasteiger charge is 2.31. The zero-order chi connectivity index (χ0) is 24.4. The lowest BCUT2D eigenvalue weighted by atomic mass is 9.72. The molecule has 180 valence electrons. The van der Waals surface area contributed by atoms with Gasteiger partial charge in [0.2, 0.25) is 5.91 Å². The quantitative estimate of drug-likeness (QED) is 0.509. The summed E-state index contributed by atoms with van der Waals surface area (Å²) in [6.07, 6.45) is -2.00. The van der Waals surface area contributed by atoms with Crippen molar-refractivity contribution in [2.45, 2.75) is 65.5 Å². The Bertz CT molecular complexity index is 951. The molecule has 0 radical (unpaired) electrons. The average Bonchev–Trinajstić information content (AvgIpc) is 2.72. The largest absolute Gasteiger partial charge is 0.416 e. The van der Waals surface area contributed by atoms with E-state index in [4.69, 9.17) is 0 Å². The average molecular weight is 461 g/mol. The molecule has 0 saturated carbocycles. The van der Waals surface area contributed by atoms with E-state index in [-0.39, 0.29) is 28.3 Å². The second-order valence-corrected chi connectivity index (χ2v) is 11.0. The predicted octanol–water partition coefficient (Wildman–Crippen LogP) is 7.27. The summed E-state index contributed by atoms with van der Waals surface area (Å²) in [6, 6.07) is 13.5. The molecule has 0 aliphatic carbocycles. The molecule has 3 rings (SSSR count). The summed E-state index contributed by atoms with van der Waals surface area (Å²) in [6.45, 7) is 12.8. The molecule has 1 amide bonds. The van der Waals surface area contributed by atoms with Crippen LogP contribution < -0.4 is 10.2 Å². The van der Waals surface area contributed by atoms with Crippen LogP contribution in [0.3, 0.4) is 0 Å². The van der Waals surface area contributed by atoms with Crippen LogP contribution in [0.4, 0.5) is 24.5 Å². The Labute approximate surface area is 195 Å². The fraction of sp³-hybridized carbons (Fsp3) is 0.519. The highest BCUT2D eigenvalue weighted by atomic mass is 19.4. The lowest BCUT2D eigenvalue weighted by Crippen LogP contribution is -2.38. The van der Waals surface area contributed by atoms with Crippen molar-refractivity contribution in [2.24, 2.45) is 11.3 Å². The van der Waals surface area contributed by atoms with E-state index < -0.39 is 11.7 Å². The van der Waals surface area contributed by atoms with Crippen LogP contribution in [0.15, 0.2) is 48.5 Å². The molecular weight excluding hydrogens is 425 g/mol. The maximum Gasteiger partial charge on any atom is 0.416 e. The fourth-order valence-electron chi connectivity index (χ4n) is 4.97. The van der Waals surface area contributed by atoms with Gasteiger partial charge in [-0.25, -0.2) is 0 Å². The van der Waals surface area contributed by atoms with E-state index in [1.807, 2.05) is 0 Å². The van der Waals surface area contributed by atoms with Crippen molar-refractivity contribution in [2.75, 3.05) is 23.3 Å². The minimum atomic E-state index is -4.43. The van der Waals surface area contributed by atoms with Crippen molar-refractivity contribution in [1.29, 1.82) is 0 Å². The summed E-state index contributed by atoms with van der Waals surface area (Å²) < 4.78 is 38.7. The second kappa shape index (κ2) is 9.40. The van der Waals surface area contributed by atoms with E-state index in [0.29, 0.717) is 12.8 Å². The number of nitrogens with zero attached hydrogens (tertiary/aromatic N) is 1. The summed E-state index contributed by atoms with van der Waals surface area (Å²) in [5.74, 6) is -0.422. The Balaban J connectivity index is 1.57. The number of benzene rings is 2. The van der Waals surface area contributed by atoms with Gasteiger partial charge in [0.1, 0.15) is 0 Å². The van der Waals surface area contributed by atoms with Crippen LogP contribution in [0.2, 0.25) is 0 Å². The second-order valence-electron chi connectivity index (χ2n) is 11.0. The van der Waals surface area contributed by atoms with Crippen molar-refractivity contribution in [1.82, 2.24) is 0 Å². The zero-order valence-electron chi connectivity index (χ0n) is 20.2. The van der Waals surface area contributed by atoms with E-state index in [0.717, 1.165) is 37.3 Å². The molecule has 3 nitrogen and oxygen atoms in total. The summed E-state index contributed by atoms with van der Waals surface area (Å²) in [4.78, 5) is 14.9. The molecule has 33 heavy (non-hydrogen) atoms. The minimum absolute atomic E-state index is 0.0886. The van der Waals surface area contributed by atoms with Crippen molar-refractivity contribution >= 4 is 17.3 Å². The number of carbonyl (C=O) groups is 1. The Morgan fingerprint density at radius 2 is 1.55 bits per heavy atom. The number of anilines is 2. The first-order valence-corrected chi connectivity index (χ1v) is 11.6. The number of halogens is 3. The van der Waals surface area contributed by atoms with Crippen LogP contribution in [0.1, 0.15) is 65.0 Å². The highest BCUT2D eigenvalue weighted by Crippen LogP contribution is 2.37. The molecule has 1 aliphatic heterocycles. The number of alkyl halides is 3. The number of piperidine rings is 1. The van der Waals surface area contributed by atoms with Crippen LogP contribution in [-0.4, -0.2) is 19.0 Å². The molecule has 1 aliphatic rings. The molecule has 1 heterocycles. The highest BCUT2D eigenvalue weighted by molar-refractivity contribution is 5.92. The predicted molar refractivity (Wildman–Crippen MR) is 129 cm³/mol. The third-order valence-corrected chi connectivity index (χ3v) is 6.31. The van der Waals surface area contributed by atoms with Crippen LogP contribution in [-0.2, 0) is 16.4 Å². The Hall–Kier alpha value is -2.50. The molecule has 0 spiro atoms. The van der Waals surface area contributed by atoms with Crippen LogP contribution in [0, 0.1) is 11.3 Å². The number of carbonyl (C=O) groups excluding carboxylic acids is 1. The number of nitrogens with one attached hydrogen (secondary N) is 1. The third kappa shape index (κ3) is 6.75. The molecule has 1 fully saturated rings. The van der Waals surface area contributed by atoms with Crippen molar-refractivity contribution in [3.05, 3.63) is 59.7 Å². The van der Waals surface area contributed by atoms with E-state index in [1.165, 1.54) is 17.7 Å². The molecule has 0 aromatic heterocycles. The summed E-state index contributed by atoms with van der Waals surface area (Å²) in [7, 11) is 0. The molecule has 2 aromatic carbocycles. The van der Waals surface area contributed by atoms with Gasteiger partial charge in [-0.15, -0.1) is 0 Å². The lowest BCUT2D eigenvalue weighted by molar-refractivity contribution is -0.137. The van der Waals surface area contributed by atoms with Crippen molar-refractivity contribution in [3.63, 3.8) is 0 Å². The van der Waals surface area contributed by atoms with Crippen LogP contribution in [0.25, 0.3) is 0 Å².